The molecule has 0 radical (unpaired) electrons. The molecule has 1 saturated heterocycles. The van der Waals surface area contributed by atoms with E-state index in [2.05, 4.69) is 11.6 Å². The van der Waals surface area contributed by atoms with Crippen LogP contribution in [0.15, 0.2) is 0 Å². The van der Waals surface area contributed by atoms with Crippen molar-refractivity contribution in [1.82, 2.24) is 9.03 Å². The molecule has 0 amide bonds. The normalized spacial score (nSPS) is 33.0. The topological polar surface area (TPSA) is 86.7 Å². The first-order chi connectivity index (χ1) is 9.75. The Morgan fingerprint density at radius 2 is 1.86 bits per heavy atom. The van der Waals surface area contributed by atoms with Crippen molar-refractivity contribution in [3.63, 3.8) is 0 Å². The van der Waals surface area contributed by atoms with Crippen molar-refractivity contribution in [2.24, 2.45) is 11.3 Å². The second-order valence-corrected chi connectivity index (χ2v) is 8.43. The molecule has 6 nitrogen and oxygen atoms in total. The summed E-state index contributed by atoms with van der Waals surface area (Å²) >= 11 is 0. The fourth-order valence-electron chi connectivity index (χ4n) is 3.26. The average molecular weight is 318 g/mol. The molecule has 1 aliphatic heterocycles. The van der Waals surface area contributed by atoms with Crippen LogP contribution in [-0.2, 0) is 15.0 Å². The highest BCUT2D eigenvalue weighted by Gasteiger charge is 2.45. The van der Waals surface area contributed by atoms with E-state index in [9.17, 15) is 18.3 Å². The van der Waals surface area contributed by atoms with Crippen molar-refractivity contribution in [2.45, 2.75) is 58.4 Å². The maximum absolute atomic E-state index is 12.5. The van der Waals surface area contributed by atoms with Gasteiger partial charge in [0.15, 0.2) is 0 Å². The maximum atomic E-state index is 12.5. The van der Waals surface area contributed by atoms with Gasteiger partial charge in [-0.25, -0.2) is 0 Å². The van der Waals surface area contributed by atoms with E-state index in [1.165, 1.54) is 4.31 Å². The predicted molar refractivity (Wildman–Crippen MR) is 80.0 cm³/mol. The average Bonchev–Trinajstić information content (AvgIpc) is 2.41. The summed E-state index contributed by atoms with van der Waals surface area (Å²) in [6, 6.07) is -0.520. The summed E-state index contributed by atoms with van der Waals surface area (Å²) in [5.74, 6) is -0.363. The summed E-state index contributed by atoms with van der Waals surface area (Å²) in [7, 11) is -3.59. The van der Waals surface area contributed by atoms with Crippen molar-refractivity contribution in [3.8, 4) is 0 Å². The first kappa shape index (κ1) is 16.7. The number of carboxylic acids is 1. The Hall–Kier alpha value is -0.660. The van der Waals surface area contributed by atoms with Crippen molar-refractivity contribution in [1.29, 1.82) is 0 Å². The van der Waals surface area contributed by atoms with Gasteiger partial charge in [0.2, 0.25) is 0 Å². The Balaban J connectivity index is 2.09. The van der Waals surface area contributed by atoms with Crippen LogP contribution in [0.3, 0.4) is 0 Å². The largest absolute Gasteiger partial charge is 0.481 e. The third-order valence-electron chi connectivity index (χ3n) is 5.07. The number of aliphatic carboxylic acids is 1. The predicted octanol–water partition coefficient (Wildman–Crippen LogP) is 1.59. The molecule has 1 aliphatic carbocycles. The van der Waals surface area contributed by atoms with Crippen LogP contribution in [0.5, 0.6) is 0 Å². The van der Waals surface area contributed by atoms with Gasteiger partial charge in [-0.2, -0.15) is 17.4 Å². The lowest BCUT2D eigenvalue weighted by Crippen LogP contribution is -2.56. The van der Waals surface area contributed by atoms with E-state index in [4.69, 9.17) is 0 Å². The lowest BCUT2D eigenvalue weighted by Gasteiger charge is -2.39. The zero-order valence-electron chi connectivity index (χ0n) is 12.8. The van der Waals surface area contributed by atoms with Gasteiger partial charge in [0.05, 0.1) is 5.41 Å². The highest BCUT2D eigenvalue weighted by molar-refractivity contribution is 7.87. The van der Waals surface area contributed by atoms with E-state index in [1.807, 2.05) is 0 Å². The summed E-state index contributed by atoms with van der Waals surface area (Å²) in [5.41, 5.74) is -1.01. The Kier molecular flexibility index (Phi) is 4.95. The van der Waals surface area contributed by atoms with E-state index in [1.54, 1.807) is 6.92 Å². The quantitative estimate of drug-likeness (QED) is 0.824. The zero-order valence-corrected chi connectivity index (χ0v) is 13.7. The van der Waals surface area contributed by atoms with Gasteiger partial charge in [-0.1, -0.05) is 19.8 Å². The standard InChI is InChI=1S/C14H26N2O4S/c1-11-6-9-16(10-7-11)21(19,20)15-12-5-3-4-8-14(12,2)13(17)18/h11-12,15H,3-10H2,1-2H3,(H,17,18). The molecule has 21 heavy (non-hydrogen) atoms. The monoisotopic (exact) mass is 318 g/mol. The fourth-order valence-corrected chi connectivity index (χ4v) is 4.84. The van der Waals surface area contributed by atoms with E-state index < -0.39 is 27.6 Å². The molecule has 0 aromatic carbocycles. The number of hydrogen-bond donors (Lipinski definition) is 2. The molecule has 0 spiro atoms. The van der Waals surface area contributed by atoms with Crippen LogP contribution in [-0.4, -0.2) is 42.9 Å². The molecule has 2 aliphatic rings. The van der Waals surface area contributed by atoms with Gasteiger partial charge < -0.3 is 5.11 Å². The van der Waals surface area contributed by atoms with Crippen LogP contribution in [0.25, 0.3) is 0 Å². The molecule has 2 rings (SSSR count). The van der Waals surface area contributed by atoms with Crippen molar-refractivity contribution >= 4 is 16.2 Å². The van der Waals surface area contributed by atoms with E-state index in [-0.39, 0.29) is 0 Å². The van der Waals surface area contributed by atoms with Gasteiger partial charge in [-0.05, 0) is 38.5 Å². The molecule has 1 heterocycles. The lowest BCUT2D eigenvalue weighted by atomic mass is 9.72. The number of rotatable bonds is 4. The van der Waals surface area contributed by atoms with Crippen LogP contribution >= 0.6 is 0 Å². The van der Waals surface area contributed by atoms with Gasteiger partial charge in [0, 0.05) is 19.1 Å². The molecule has 7 heteroatoms. The Morgan fingerprint density at radius 3 is 2.43 bits per heavy atom. The highest BCUT2D eigenvalue weighted by Crippen LogP contribution is 2.37. The first-order valence-corrected chi connectivity index (χ1v) is 9.20. The molecule has 2 fully saturated rings. The number of carbonyl (C=O) groups is 1. The summed E-state index contributed by atoms with van der Waals surface area (Å²) in [6.07, 6.45) is 4.54. The number of nitrogens with zero attached hydrogens (tertiary/aromatic N) is 1. The highest BCUT2D eigenvalue weighted by atomic mass is 32.2. The van der Waals surface area contributed by atoms with Crippen molar-refractivity contribution < 1.29 is 18.3 Å². The zero-order chi connectivity index (χ0) is 15.7. The first-order valence-electron chi connectivity index (χ1n) is 7.76. The van der Waals surface area contributed by atoms with E-state index in [0.717, 1.165) is 25.7 Å². The molecule has 0 bridgehead atoms. The SMILES string of the molecule is CC1CCN(S(=O)(=O)NC2CCCCC2(C)C(=O)O)CC1. The van der Waals surface area contributed by atoms with Crippen molar-refractivity contribution in [3.05, 3.63) is 0 Å². The molecule has 1 saturated carbocycles. The van der Waals surface area contributed by atoms with E-state index in [0.29, 0.717) is 31.8 Å². The van der Waals surface area contributed by atoms with Gasteiger partial charge in [-0.3, -0.25) is 4.79 Å². The molecule has 2 unspecified atom stereocenters. The van der Waals surface area contributed by atoms with Gasteiger partial charge in [0.1, 0.15) is 0 Å². The van der Waals surface area contributed by atoms with Crippen molar-refractivity contribution in [2.75, 3.05) is 13.1 Å². The lowest BCUT2D eigenvalue weighted by molar-refractivity contribution is -0.151. The van der Waals surface area contributed by atoms with E-state index >= 15 is 0 Å². The van der Waals surface area contributed by atoms with Crippen LogP contribution in [0.2, 0.25) is 0 Å². The Morgan fingerprint density at radius 1 is 1.24 bits per heavy atom. The number of nitrogens with one attached hydrogen (secondary N) is 1. The Bertz CT molecular complexity index is 485. The van der Waals surface area contributed by atoms with Crippen LogP contribution in [0, 0.1) is 11.3 Å². The molecule has 2 N–H and O–H groups in total. The van der Waals surface area contributed by atoms with Crippen LogP contribution in [0.1, 0.15) is 52.4 Å². The molecule has 122 valence electrons. The fraction of sp³-hybridized carbons (Fsp3) is 0.929. The Labute approximate surface area is 127 Å². The second kappa shape index (κ2) is 6.22. The third-order valence-corrected chi connectivity index (χ3v) is 6.70. The summed E-state index contributed by atoms with van der Waals surface area (Å²) < 4.78 is 29.1. The third kappa shape index (κ3) is 3.57. The van der Waals surface area contributed by atoms with Crippen LogP contribution < -0.4 is 4.72 Å². The molecule has 2 atom stereocenters. The van der Waals surface area contributed by atoms with Crippen LogP contribution in [0.4, 0.5) is 0 Å². The minimum atomic E-state index is -3.59. The summed E-state index contributed by atoms with van der Waals surface area (Å²) in [4.78, 5) is 11.5. The molecular weight excluding hydrogens is 292 g/mol. The van der Waals surface area contributed by atoms with Gasteiger partial charge in [0.25, 0.3) is 10.2 Å². The summed E-state index contributed by atoms with van der Waals surface area (Å²) in [5, 5.41) is 9.46. The van der Waals surface area contributed by atoms with Gasteiger partial charge in [-0.15, -0.1) is 0 Å². The number of carboxylic acid groups (broad SMARTS) is 1. The molecular formula is C14H26N2O4S. The minimum absolute atomic E-state index is 0.520. The summed E-state index contributed by atoms with van der Waals surface area (Å²) in [6.45, 7) is 4.82. The smallest absolute Gasteiger partial charge is 0.310 e. The second-order valence-electron chi connectivity index (χ2n) is 6.73. The van der Waals surface area contributed by atoms with Gasteiger partial charge >= 0.3 is 5.97 Å². The number of piperidine rings is 1. The minimum Gasteiger partial charge on any atom is -0.481 e. The number of hydrogen-bond acceptors (Lipinski definition) is 3. The maximum Gasteiger partial charge on any atom is 0.310 e. The molecule has 0 aromatic rings. The molecule has 0 aromatic heterocycles.